The van der Waals surface area contributed by atoms with Gasteiger partial charge in [-0.3, -0.25) is 19.2 Å². The van der Waals surface area contributed by atoms with Gasteiger partial charge in [-0.05, 0) is 42.7 Å². The molecule has 0 fully saturated rings. The Kier molecular flexibility index (Phi) is 5.76. The van der Waals surface area contributed by atoms with Gasteiger partial charge in [0, 0.05) is 57.3 Å². The summed E-state index contributed by atoms with van der Waals surface area (Å²) in [5.74, 6) is -0.544. The third kappa shape index (κ3) is 4.37. The molecule has 0 unspecified atom stereocenters. The lowest BCUT2D eigenvalue weighted by atomic mass is 10.1. The lowest BCUT2D eigenvalue weighted by Gasteiger charge is -2.15. The Hall–Kier alpha value is -3.94. The summed E-state index contributed by atoms with van der Waals surface area (Å²) >= 11 is 0. The van der Waals surface area contributed by atoms with Crippen LogP contribution in [0.4, 0.5) is 0 Å². The number of carbonyl (C=O) groups excluding carboxylic acids is 4. The first kappa shape index (κ1) is 22.3. The Bertz CT molecular complexity index is 1300. The van der Waals surface area contributed by atoms with Crippen molar-refractivity contribution in [1.82, 2.24) is 19.4 Å². The summed E-state index contributed by atoms with van der Waals surface area (Å²) in [7, 11) is 3.49. The predicted octanol–water partition coefficient (Wildman–Crippen LogP) is 2.85. The molecule has 0 radical (unpaired) electrons. The Morgan fingerprint density at radius 3 is 2.00 bits per heavy atom. The van der Waals surface area contributed by atoms with Crippen molar-refractivity contribution in [2.45, 2.75) is 33.5 Å². The average Bonchev–Trinajstić information content (AvgIpc) is 3.47. The van der Waals surface area contributed by atoms with Gasteiger partial charge in [0.15, 0.2) is 11.6 Å². The molecule has 0 saturated carbocycles. The molecule has 170 valence electrons. The van der Waals surface area contributed by atoms with Gasteiger partial charge >= 0.3 is 0 Å². The van der Waals surface area contributed by atoms with Crippen LogP contribution in [0.3, 0.4) is 0 Å². The second kappa shape index (κ2) is 8.54. The molecule has 0 aliphatic carbocycles. The van der Waals surface area contributed by atoms with Crippen molar-refractivity contribution in [3.8, 4) is 0 Å². The highest BCUT2D eigenvalue weighted by Gasteiger charge is 2.26. The van der Waals surface area contributed by atoms with Gasteiger partial charge in [0.25, 0.3) is 11.8 Å². The standard InChI is InChI=1S/C25H26N4O4/c1-15(30)19-8-22(27(3)11-19)24(32)26-10-17-5-6-18-13-29(14-21(18)7-17)25(33)23-9-20(16(2)31)12-28(23)4/h5-9,11-12H,10,13-14H2,1-4H3,(H,26,32). The first-order valence-corrected chi connectivity index (χ1v) is 10.7. The van der Waals surface area contributed by atoms with E-state index in [1.54, 1.807) is 52.7 Å². The van der Waals surface area contributed by atoms with Crippen molar-refractivity contribution in [2.24, 2.45) is 14.1 Å². The molecule has 2 amide bonds. The summed E-state index contributed by atoms with van der Waals surface area (Å²) in [5, 5.41) is 2.89. The van der Waals surface area contributed by atoms with E-state index in [-0.39, 0.29) is 23.4 Å². The molecule has 1 aliphatic rings. The number of nitrogens with one attached hydrogen (secondary N) is 1. The van der Waals surface area contributed by atoms with E-state index < -0.39 is 0 Å². The van der Waals surface area contributed by atoms with Crippen LogP contribution in [-0.2, 0) is 33.7 Å². The molecule has 0 atom stereocenters. The van der Waals surface area contributed by atoms with E-state index >= 15 is 0 Å². The number of ketones is 2. The summed E-state index contributed by atoms with van der Waals surface area (Å²) in [5.41, 5.74) is 4.94. The molecule has 1 N–H and O–H groups in total. The summed E-state index contributed by atoms with van der Waals surface area (Å²) in [6, 6.07) is 9.14. The van der Waals surface area contributed by atoms with Gasteiger partial charge < -0.3 is 19.4 Å². The van der Waals surface area contributed by atoms with Gasteiger partial charge in [-0.1, -0.05) is 18.2 Å². The van der Waals surface area contributed by atoms with Crippen LogP contribution in [0.25, 0.3) is 0 Å². The molecular formula is C25H26N4O4. The molecule has 1 aromatic carbocycles. The zero-order valence-electron chi connectivity index (χ0n) is 19.1. The van der Waals surface area contributed by atoms with Gasteiger partial charge in [-0.2, -0.15) is 0 Å². The van der Waals surface area contributed by atoms with Crippen molar-refractivity contribution in [3.05, 3.63) is 81.9 Å². The van der Waals surface area contributed by atoms with Crippen LogP contribution >= 0.6 is 0 Å². The normalized spacial score (nSPS) is 12.5. The fourth-order valence-electron chi connectivity index (χ4n) is 4.09. The Balaban J connectivity index is 1.42. The van der Waals surface area contributed by atoms with Gasteiger partial charge in [0.2, 0.25) is 0 Å². The number of rotatable bonds is 6. The molecule has 0 bridgehead atoms. The van der Waals surface area contributed by atoms with Crippen molar-refractivity contribution in [1.29, 1.82) is 0 Å². The Labute approximate surface area is 191 Å². The number of benzene rings is 1. The number of fused-ring (bicyclic) bond motifs is 1. The quantitative estimate of drug-likeness (QED) is 0.589. The van der Waals surface area contributed by atoms with Gasteiger partial charge in [-0.15, -0.1) is 0 Å². The van der Waals surface area contributed by atoms with Crippen LogP contribution in [0.1, 0.15) is 72.2 Å². The molecule has 33 heavy (non-hydrogen) atoms. The van der Waals surface area contributed by atoms with E-state index in [1.165, 1.54) is 13.8 Å². The highest BCUT2D eigenvalue weighted by atomic mass is 16.2. The van der Waals surface area contributed by atoms with Crippen LogP contribution in [0.2, 0.25) is 0 Å². The molecule has 0 spiro atoms. The van der Waals surface area contributed by atoms with Gasteiger partial charge in [0.1, 0.15) is 11.4 Å². The smallest absolute Gasteiger partial charge is 0.271 e. The molecule has 4 rings (SSSR count). The highest BCUT2D eigenvalue weighted by molar-refractivity contribution is 6.00. The molecule has 2 aromatic heterocycles. The number of amides is 2. The minimum atomic E-state index is -0.257. The maximum atomic E-state index is 13.0. The summed E-state index contributed by atoms with van der Waals surface area (Å²) in [4.78, 5) is 50.5. The average molecular weight is 447 g/mol. The maximum absolute atomic E-state index is 13.0. The molecule has 8 heteroatoms. The second-order valence-corrected chi connectivity index (χ2v) is 8.51. The first-order valence-electron chi connectivity index (χ1n) is 10.7. The lowest BCUT2D eigenvalue weighted by Crippen LogP contribution is -2.27. The number of hydrogen-bond acceptors (Lipinski definition) is 4. The molecule has 3 heterocycles. The fourth-order valence-corrected chi connectivity index (χ4v) is 4.09. The number of aryl methyl sites for hydroxylation is 2. The van der Waals surface area contributed by atoms with Crippen molar-refractivity contribution >= 4 is 23.4 Å². The number of carbonyl (C=O) groups is 4. The predicted molar refractivity (Wildman–Crippen MR) is 122 cm³/mol. The summed E-state index contributed by atoms with van der Waals surface area (Å²) < 4.78 is 3.32. The molecular weight excluding hydrogens is 420 g/mol. The van der Waals surface area contributed by atoms with E-state index in [0.717, 1.165) is 16.7 Å². The highest BCUT2D eigenvalue weighted by Crippen LogP contribution is 2.26. The van der Waals surface area contributed by atoms with Crippen LogP contribution in [-0.4, -0.2) is 37.4 Å². The fraction of sp³-hybridized carbons (Fsp3) is 0.280. The van der Waals surface area contributed by atoms with Crippen LogP contribution in [0, 0.1) is 0 Å². The Morgan fingerprint density at radius 2 is 1.39 bits per heavy atom. The number of hydrogen-bond donors (Lipinski definition) is 1. The van der Waals surface area contributed by atoms with Crippen LogP contribution in [0.15, 0.2) is 42.7 Å². The molecule has 3 aromatic rings. The van der Waals surface area contributed by atoms with Gasteiger partial charge in [0.05, 0.1) is 0 Å². The molecule has 1 aliphatic heterocycles. The van der Waals surface area contributed by atoms with Crippen molar-refractivity contribution in [3.63, 3.8) is 0 Å². The monoisotopic (exact) mass is 446 g/mol. The van der Waals surface area contributed by atoms with E-state index in [1.807, 2.05) is 18.2 Å². The minimum absolute atomic E-state index is 0.0751. The van der Waals surface area contributed by atoms with E-state index in [9.17, 15) is 19.2 Å². The summed E-state index contributed by atoms with van der Waals surface area (Å²) in [6.07, 6.45) is 3.32. The van der Waals surface area contributed by atoms with E-state index in [0.29, 0.717) is 42.1 Å². The van der Waals surface area contributed by atoms with E-state index in [2.05, 4.69) is 5.32 Å². The minimum Gasteiger partial charge on any atom is -0.347 e. The second-order valence-electron chi connectivity index (χ2n) is 8.51. The van der Waals surface area contributed by atoms with Crippen LogP contribution in [0.5, 0.6) is 0 Å². The third-order valence-corrected chi connectivity index (χ3v) is 6.01. The van der Waals surface area contributed by atoms with E-state index in [4.69, 9.17) is 0 Å². The zero-order valence-corrected chi connectivity index (χ0v) is 19.1. The van der Waals surface area contributed by atoms with Crippen LogP contribution < -0.4 is 5.32 Å². The molecule has 0 saturated heterocycles. The van der Waals surface area contributed by atoms with Gasteiger partial charge in [-0.25, -0.2) is 0 Å². The number of Topliss-reactive ketones (excluding diaryl/α,β-unsaturated/α-hetero) is 2. The lowest BCUT2D eigenvalue weighted by molar-refractivity contribution is 0.0741. The van der Waals surface area contributed by atoms with Crippen molar-refractivity contribution in [2.75, 3.05) is 0 Å². The summed E-state index contributed by atoms with van der Waals surface area (Å²) in [6.45, 7) is 4.25. The SMILES string of the molecule is CC(=O)c1cc(C(=O)NCc2ccc3c(c2)CN(C(=O)c2cc(C(C)=O)cn2C)C3)n(C)c1. The van der Waals surface area contributed by atoms with Crippen molar-refractivity contribution < 1.29 is 19.2 Å². The zero-order chi connectivity index (χ0) is 23.9. The largest absolute Gasteiger partial charge is 0.347 e. The maximum Gasteiger partial charge on any atom is 0.271 e. The third-order valence-electron chi connectivity index (χ3n) is 6.01. The number of nitrogens with zero attached hydrogens (tertiary/aromatic N) is 3. The number of aromatic nitrogens is 2. The topological polar surface area (TPSA) is 93.4 Å². The molecule has 8 nitrogen and oxygen atoms in total. The Morgan fingerprint density at radius 1 is 0.818 bits per heavy atom. The first-order chi connectivity index (χ1) is 15.6.